The second-order valence-corrected chi connectivity index (χ2v) is 7.40. The van der Waals surface area contributed by atoms with Gasteiger partial charge in [0.15, 0.2) is 5.54 Å². The maximum Gasteiger partial charge on any atom is 0.334 e. The van der Waals surface area contributed by atoms with E-state index in [0.29, 0.717) is 18.2 Å². The van der Waals surface area contributed by atoms with Gasteiger partial charge >= 0.3 is 5.97 Å². The molecule has 0 radical (unpaired) electrons. The van der Waals surface area contributed by atoms with Crippen molar-refractivity contribution < 1.29 is 24.4 Å². The Labute approximate surface area is 161 Å². The number of amides is 1. The van der Waals surface area contributed by atoms with Crippen molar-refractivity contribution in [3.63, 3.8) is 0 Å². The van der Waals surface area contributed by atoms with Crippen molar-refractivity contribution >= 4 is 27.8 Å². The van der Waals surface area contributed by atoms with E-state index in [1.54, 1.807) is 12.2 Å². The van der Waals surface area contributed by atoms with E-state index < -0.39 is 17.4 Å². The maximum atomic E-state index is 12.7. The molecule has 26 heavy (non-hydrogen) atoms. The van der Waals surface area contributed by atoms with Crippen LogP contribution >= 0.6 is 15.9 Å². The lowest BCUT2D eigenvalue weighted by Crippen LogP contribution is -2.61. The normalized spacial score (nSPS) is 17.0. The van der Waals surface area contributed by atoms with Gasteiger partial charge in [-0.05, 0) is 49.4 Å². The van der Waals surface area contributed by atoms with Crippen molar-refractivity contribution in [2.45, 2.75) is 38.6 Å². The van der Waals surface area contributed by atoms with Crippen molar-refractivity contribution in [3.8, 4) is 0 Å². The second kappa shape index (κ2) is 8.47. The second-order valence-electron chi connectivity index (χ2n) is 6.54. The molecule has 0 saturated carbocycles. The Hall–Kier alpha value is -1.48. The zero-order valence-corrected chi connectivity index (χ0v) is 17.1. The zero-order valence-electron chi connectivity index (χ0n) is 15.5. The van der Waals surface area contributed by atoms with Gasteiger partial charge in [-0.3, -0.25) is 10.0 Å². The van der Waals surface area contributed by atoms with E-state index in [-0.39, 0.29) is 19.3 Å². The SMILES string of the molecule is COC(=O)C1(N(O)C(=O)Cc2cc(C)c(C)cc2Br)CCN(OC)CC1. The molecule has 1 aromatic rings. The molecule has 1 aromatic carbocycles. The standard InChI is InChI=1S/C18H25BrN2O5/c1-12-9-14(15(19)10-13(12)2)11-16(22)21(24)18(17(23)25-3)5-7-20(26-4)8-6-18/h9-10,24H,5-8,11H2,1-4H3. The Kier molecular flexibility index (Phi) is 6.79. The number of ether oxygens (including phenoxy) is 1. The summed E-state index contributed by atoms with van der Waals surface area (Å²) in [5.41, 5.74) is 1.52. The van der Waals surface area contributed by atoms with Crippen molar-refractivity contribution in [3.05, 3.63) is 33.3 Å². The number of nitrogens with zero attached hydrogens (tertiary/aromatic N) is 2. The predicted molar refractivity (Wildman–Crippen MR) is 98.5 cm³/mol. The van der Waals surface area contributed by atoms with Gasteiger partial charge in [-0.2, -0.15) is 5.06 Å². The van der Waals surface area contributed by atoms with E-state index in [1.807, 2.05) is 26.0 Å². The van der Waals surface area contributed by atoms with Crippen LogP contribution in [0.2, 0.25) is 0 Å². The molecule has 8 heteroatoms. The third-order valence-corrected chi connectivity index (χ3v) is 5.76. The third-order valence-electron chi connectivity index (χ3n) is 5.02. The van der Waals surface area contributed by atoms with Gasteiger partial charge in [-0.1, -0.05) is 22.0 Å². The van der Waals surface area contributed by atoms with Gasteiger partial charge in [0.25, 0.3) is 5.91 Å². The number of carbonyl (C=O) groups excluding carboxylic acids is 2. The molecule has 1 N–H and O–H groups in total. The van der Waals surface area contributed by atoms with Gasteiger partial charge in [0.05, 0.1) is 20.6 Å². The fourth-order valence-corrected chi connectivity index (χ4v) is 3.78. The minimum Gasteiger partial charge on any atom is -0.467 e. The highest BCUT2D eigenvalue weighted by Gasteiger charge is 2.49. The highest BCUT2D eigenvalue weighted by Crippen LogP contribution is 2.31. The first-order chi connectivity index (χ1) is 12.2. The predicted octanol–water partition coefficient (Wildman–Crippen LogP) is 2.40. The summed E-state index contributed by atoms with van der Waals surface area (Å²) < 4.78 is 5.68. The molecular weight excluding hydrogens is 404 g/mol. The molecular formula is C18H25BrN2O5. The van der Waals surface area contributed by atoms with Gasteiger partial charge in [0.1, 0.15) is 0 Å². The Bertz CT molecular complexity index is 686. The molecule has 0 aromatic heterocycles. The molecule has 0 aliphatic carbocycles. The first kappa shape index (κ1) is 20.8. The van der Waals surface area contributed by atoms with Gasteiger partial charge in [0.2, 0.25) is 0 Å². The molecule has 2 rings (SSSR count). The number of esters is 1. The van der Waals surface area contributed by atoms with Gasteiger partial charge in [-0.25, -0.2) is 9.86 Å². The molecule has 1 saturated heterocycles. The number of hydrogen-bond acceptors (Lipinski definition) is 6. The number of methoxy groups -OCH3 is 1. The summed E-state index contributed by atoms with van der Waals surface area (Å²) in [6.45, 7) is 4.76. The Morgan fingerprint density at radius 1 is 1.23 bits per heavy atom. The fourth-order valence-electron chi connectivity index (χ4n) is 3.18. The Morgan fingerprint density at radius 2 is 1.81 bits per heavy atom. The first-order valence-corrected chi connectivity index (χ1v) is 9.19. The molecule has 7 nitrogen and oxygen atoms in total. The van der Waals surface area contributed by atoms with E-state index in [2.05, 4.69) is 15.9 Å². The average molecular weight is 429 g/mol. The average Bonchev–Trinajstić information content (AvgIpc) is 2.64. The third kappa shape index (κ3) is 4.09. The summed E-state index contributed by atoms with van der Waals surface area (Å²) >= 11 is 3.46. The topological polar surface area (TPSA) is 79.3 Å². The number of halogens is 1. The van der Waals surface area contributed by atoms with Crippen molar-refractivity contribution in [1.82, 2.24) is 10.1 Å². The molecule has 1 aliphatic rings. The van der Waals surface area contributed by atoms with Crippen molar-refractivity contribution in [2.75, 3.05) is 27.3 Å². The highest BCUT2D eigenvalue weighted by molar-refractivity contribution is 9.10. The summed E-state index contributed by atoms with van der Waals surface area (Å²) in [6.07, 6.45) is 0.429. The number of benzene rings is 1. The van der Waals surface area contributed by atoms with Gasteiger partial charge in [0, 0.05) is 17.6 Å². The van der Waals surface area contributed by atoms with Crippen LogP contribution in [0.5, 0.6) is 0 Å². The number of hydrogen-bond donors (Lipinski definition) is 1. The van der Waals surface area contributed by atoms with E-state index >= 15 is 0 Å². The summed E-state index contributed by atoms with van der Waals surface area (Å²) in [5.74, 6) is -1.17. The molecule has 1 fully saturated rings. The van der Waals surface area contributed by atoms with Crippen LogP contribution in [-0.4, -0.2) is 60.1 Å². The lowest BCUT2D eigenvalue weighted by molar-refractivity contribution is -0.228. The summed E-state index contributed by atoms with van der Waals surface area (Å²) in [5, 5.41) is 12.9. The minimum absolute atomic E-state index is 0.0229. The lowest BCUT2D eigenvalue weighted by atomic mass is 9.87. The number of rotatable bonds is 5. The molecule has 1 amide bonds. The van der Waals surface area contributed by atoms with Crippen LogP contribution in [0.1, 0.15) is 29.5 Å². The summed E-state index contributed by atoms with van der Waals surface area (Å²) in [7, 11) is 2.80. The Morgan fingerprint density at radius 3 is 2.35 bits per heavy atom. The number of hydroxylamine groups is 4. The first-order valence-electron chi connectivity index (χ1n) is 8.40. The van der Waals surface area contributed by atoms with Gasteiger partial charge < -0.3 is 9.57 Å². The van der Waals surface area contributed by atoms with Crippen LogP contribution in [0, 0.1) is 13.8 Å². The molecule has 0 bridgehead atoms. The van der Waals surface area contributed by atoms with Crippen LogP contribution in [0.15, 0.2) is 16.6 Å². The van der Waals surface area contributed by atoms with Crippen LogP contribution in [0.25, 0.3) is 0 Å². The number of aryl methyl sites for hydroxylation is 2. The van der Waals surface area contributed by atoms with Crippen molar-refractivity contribution in [2.24, 2.45) is 0 Å². The van der Waals surface area contributed by atoms with Crippen molar-refractivity contribution in [1.29, 1.82) is 0 Å². The lowest BCUT2D eigenvalue weighted by Gasteiger charge is -2.42. The summed E-state index contributed by atoms with van der Waals surface area (Å²) in [4.78, 5) is 30.3. The van der Waals surface area contributed by atoms with Crippen LogP contribution in [-0.2, 0) is 25.6 Å². The highest BCUT2D eigenvalue weighted by atomic mass is 79.9. The number of carbonyl (C=O) groups is 2. The monoisotopic (exact) mass is 428 g/mol. The molecule has 1 aliphatic heterocycles. The molecule has 1 heterocycles. The zero-order chi connectivity index (χ0) is 19.5. The molecule has 0 spiro atoms. The van der Waals surface area contributed by atoms with Crippen LogP contribution in [0.4, 0.5) is 0 Å². The van der Waals surface area contributed by atoms with Crippen LogP contribution in [0.3, 0.4) is 0 Å². The van der Waals surface area contributed by atoms with E-state index in [1.165, 1.54) is 7.11 Å². The number of piperidine rings is 1. The molecule has 0 unspecified atom stereocenters. The largest absolute Gasteiger partial charge is 0.467 e. The molecule has 144 valence electrons. The Balaban J connectivity index is 2.23. The summed E-state index contributed by atoms with van der Waals surface area (Å²) in [6, 6.07) is 3.84. The van der Waals surface area contributed by atoms with E-state index in [9.17, 15) is 14.8 Å². The quantitative estimate of drug-likeness (QED) is 0.440. The maximum absolute atomic E-state index is 12.7. The van der Waals surface area contributed by atoms with E-state index in [4.69, 9.17) is 9.57 Å². The minimum atomic E-state index is -1.40. The van der Waals surface area contributed by atoms with Crippen LogP contribution < -0.4 is 0 Å². The molecule has 0 atom stereocenters. The smallest absolute Gasteiger partial charge is 0.334 e. The fraction of sp³-hybridized carbons (Fsp3) is 0.556. The van der Waals surface area contributed by atoms with E-state index in [0.717, 1.165) is 21.2 Å². The van der Waals surface area contributed by atoms with Gasteiger partial charge in [-0.15, -0.1) is 0 Å².